The van der Waals surface area contributed by atoms with Crippen molar-refractivity contribution in [1.82, 2.24) is 4.98 Å². The summed E-state index contributed by atoms with van der Waals surface area (Å²) in [6, 6.07) is 12.9. The molecule has 0 bridgehead atoms. The Bertz CT molecular complexity index is 471. The monoisotopic (exact) mass is 244 g/mol. The number of nitrogens with zero attached hydrogens (tertiary/aromatic N) is 1. The predicted molar refractivity (Wildman–Crippen MR) is 69.5 cm³/mol. The molecule has 0 radical (unpaired) electrons. The molecule has 2 aromatic rings. The van der Waals surface area contributed by atoms with Crippen LogP contribution in [0.3, 0.4) is 0 Å². The topological polar surface area (TPSA) is 68.4 Å². The molecule has 4 nitrogen and oxygen atoms in total. The molecular formula is C14H16N2O2. The van der Waals surface area contributed by atoms with E-state index in [-0.39, 0.29) is 12.6 Å². The summed E-state index contributed by atoms with van der Waals surface area (Å²) in [5.41, 5.74) is 6.75. The van der Waals surface area contributed by atoms with Gasteiger partial charge in [-0.3, -0.25) is 0 Å². The van der Waals surface area contributed by atoms with Crippen molar-refractivity contribution in [3.63, 3.8) is 0 Å². The minimum atomic E-state index is -0.215. The second-order valence-electron chi connectivity index (χ2n) is 4.06. The Balaban J connectivity index is 2.00. The summed E-state index contributed by atoms with van der Waals surface area (Å²) in [4.78, 5) is 4.08. The first-order valence-corrected chi connectivity index (χ1v) is 5.82. The highest BCUT2D eigenvalue weighted by Crippen LogP contribution is 2.19. The van der Waals surface area contributed by atoms with Crippen LogP contribution in [-0.2, 0) is 6.42 Å². The number of hydrogen-bond acceptors (Lipinski definition) is 4. The Morgan fingerprint density at radius 1 is 1.17 bits per heavy atom. The van der Waals surface area contributed by atoms with Crippen LogP contribution < -0.4 is 10.5 Å². The average molecular weight is 244 g/mol. The van der Waals surface area contributed by atoms with Gasteiger partial charge < -0.3 is 15.6 Å². The van der Waals surface area contributed by atoms with Gasteiger partial charge in [-0.15, -0.1) is 0 Å². The van der Waals surface area contributed by atoms with Crippen molar-refractivity contribution in [3.8, 4) is 11.6 Å². The van der Waals surface area contributed by atoms with Crippen LogP contribution in [0.5, 0.6) is 11.6 Å². The molecule has 0 amide bonds. The molecule has 0 aliphatic carbocycles. The first kappa shape index (κ1) is 12.5. The van der Waals surface area contributed by atoms with Crippen LogP contribution in [-0.4, -0.2) is 22.7 Å². The van der Waals surface area contributed by atoms with Crippen LogP contribution in [0.4, 0.5) is 0 Å². The van der Waals surface area contributed by atoms with Crippen LogP contribution in [0.1, 0.15) is 5.56 Å². The lowest BCUT2D eigenvalue weighted by Crippen LogP contribution is -2.26. The van der Waals surface area contributed by atoms with Crippen molar-refractivity contribution in [2.24, 2.45) is 5.73 Å². The minimum Gasteiger partial charge on any atom is -0.439 e. The smallest absolute Gasteiger partial charge is 0.219 e. The second-order valence-corrected chi connectivity index (χ2v) is 4.06. The van der Waals surface area contributed by atoms with Crippen molar-refractivity contribution in [1.29, 1.82) is 0 Å². The number of aromatic nitrogens is 1. The molecule has 0 fully saturated rings. The molecule has 1 aromatic carbocycles. The van der Waals surface area contributed by atoms with E-state index in [4.69, 9.17) is 15.6 Å². The molecule has 18 heavy (non-hydrogen) atoms. The van der Waals surface area contributed by atoms with Crippen molar-refractivity contribution < 1.29 is 9.84 Å². The maximum absolute atomic E-state index is 8.89. The quantitative estimate of drug-likeness (QED) is 0.840. The van der Waals surface area contributed by atoms with E-state index in [1.807, 2.05) is 36.4 Å². The summed E-state index contributed by atoms with van der Waals surface area (Å²) < 4.78 is 5.57. The Kier molecular flexibility index (Phi) is 4.28. The van der Waals surface area contributed by atoms with Gasteiger partial charge in [0.05, 0.1) is 6.61 Å². The largest absolute Gasteiger partial charge is 0.439 e. The Morgan fingerprint density at radius 3 is 2.56 bits per heavy atom. The second kappa shape index (κ2) is 6.14. The van der Waals surface area contributed by atoms with Gasteiger partial charge in [-0.25, -0.2) is 4.98 Å². The van der Waals surface area contributed by atoms with Crippen molar-refractivity contribution in [2.45, 2.75) is 12.5 Å². The van der Waals surface area contributed by atoms with E-state index >= 15 is 0 Å². The van der Waals surface area contributed by atoms with Gasteiger partial charge in [0.15, 0.2) is 0 Å². The third kappa shape index (κ3) is 3.55. The molecule has 2 rings (SSSR count). The molecule has 0 aliphatic rings. The lowest BCUT2D eigenvalue weighted by Gasteiger charge is -2.09. The summed E-state index contributed by atoms with van der Waals surface area (Å²) in [6.07, 6.45) is 2.34. The maximum atomic E-state index is 8.89. The van der Waals surface area contributed by atoms with E-state index < -0.39 is 0 Å². The molecule has 1 unspecified atom stereocenters. The van der Waals surface area contributed by atoms with Crippen LogP contribution >= 0.6 is 0 Å². The Hall–Kier alpha value is -1.91. The number of hydrogen-bond donors (Lipinski definition) is 2. The molecule has 94 valence electrons. The van der Waals surface area contributed by atoms with E-state index in [0.29, 0.717) is 12.3 Å². The number of rotatable bonds is 5. The first-order chi connectivity index (χ1) is 8.78. The molecule has 0 aliphatic heterocycles. The van der Waals surface area contributed by atoms with Gasteiger partial charge in [-0.1, -0.05) is 18.2 Å². The van der Waals surface area contributed by atoms with Crippen molar-refractivity contribution >= 4 is 0 Å². The van der Waals surface area contributed by atoms with Gasteiger partial charge in [0.2, 0.25) is 5.88 Å². The van der Waals surface area contributed by atoms with Gasteiger partial charge in [0, 0.05) is 18.3 Å². The molecule has 4 heteroatoms. The normalized spacial score (nSPS) is 12.1. The fourth-order valence-electron chi connectivity index (χ4n) is 1.59. The third-order valence-electron chi connectivity index (χ3n) is 2.52. The predicted octanol–water partition coefficient (Wildman–Crippen LogP) is 1.74. The van der Waals surface area contributed by atoms with Gasteiger partial charge in [-0.2, -0.15) is 0 Å². The summed E-state index contributed by atoms with van der Waals surface area (Å²) >= 11 is 0. The number of ether oxygens (including phenoxy) is 1. The molecule has 3 N–H and O–H groups in total. The number of pyridine rings is 1. The number of nitrogens with two attached hydrogens (primary N) is 1. The van der Waals surface area contributed by atoms with E-state index in [0.717, 1.165) is 11.3 Å². The number of aliphatic hydroxyl groups is 1. The highest BCUT2D eigenvalue weighted by atomic mass is 16.5. The highest BCUT2D eigenvalue weighted by Gasteiger charge is 2.03. The average Bonchev–Trinajstić information content (AvgIpc) is 2.42. The van der Waals surface area contributed by atoms with Crippen molar-refractivity contribution in [2.75, 3.05) is 6.61 Å². The summed E-state index contributed by atoms with van der Waals surface area (Å²) in [5, 5.41) is 8.89. The SMILES string of the molecule is NC(CO)Cc1ccc(Oc2ccccn2)cc1. The van der Waals surface area contributed by atoms with Gasteiger partial charge in [-0.05, 0) is 30.2 Å². The van der Waals surface area contributed by atoms with E-state index in [1.54, 1.807) is 12.3 Å². The first-order valence-electron chi connectivity index (χ1n) is 5.82. The van der Waals surface area contributed by atoms with Gasteiger partial charge in [0.25, 0.3) is 0 Å². The third-order valence-corrected chi connectivity index (χ3v) is 2.52. The molecule has 0 spiro atoms. The number of aliphatic hydroxyl groups excluding tert-OH is 1. The molecular weight excluding hydrogens is 228 g/mol. The van der Waals surface area contributed by atoms with Crippen molar-refractivity contribution in [3.05, 3.63) is 54.2 Å². The molecule has 0 saturated carbocycles. The molecule has 1 heterocycles. The number of benzene rings is 1. The lowest BCUT2D eigenvalue weighted by molar-refractivity contribution is 0.265. The standard InChI is InChI=1S/C14H16N2O2/c15-12(10-17)9-11-4-6-13(7-5-11)18-14-3-1-2-8-16-14/h1-8,12,17H,9-10,15H2. The van der Waals surface area contributed by atoms with Crippen LogP contribution in [0.25, 0.3) is 0 Å². The van der Waals surface area contributed by atoms with Crippen LogP contribution in [0.15, 0.2) is 48.7 Å². The van der Waals surface area contributed by atoms with E-state index in [2.05, 4.69) is 4.98 Å². The molecule has 0 saturated heterocycles. The van der Waals surface area contributed by atoms with E-state index in [9.17, 15) is 0 Å². The van der Waals surface area contributed by atoms with Gasteiger partial charge in [0.1, 0.15) is 5.75 Å². The fraction of sp³-hybridized carbons (Fsp3) is 0.214. The van der Waals surface area contributed by atoms with Crippen LogP contribution in [0.2, 0.25) is 0 Å². The summed E-state index contributed by atoms with van der Waals surface area (Å²) in [5.74, 6) is 1.30. The lowest BCUT2D eigenvalue weighted by atomic mass is 10.1. The highest BCUT2D eigenvalue weighted by molar-refractivity contribution is 5.30. The van der Waals surface area contributed by atoms with E-state index in [1.165, 1.54) is 0 Å². The summed E-state index contributed by atoms with van der Waals surface area (Å²) in [7, 11) is 0. The zero-order valence-corrected chi connectivity index (χ0v) is 9.99. The van der Waals surface area contributed by atoms with Gasteiger partial charge >= 0.3 is 0 Å². The Labute approximate surface area is 106 Å². The zero-order valence-electron chi connectivity index (χ0n) is 9.99. The minimum absolute atomic E-state index is 0.00775. The fourth-order valence-corrected chi connectivity index (χ4v) is 1.59. The zero-order chi connectivity index (χ0) is 12.8. The Morgan fingerprint density at radius 2 is 1.94 bits per heavy atom. The molecule has 1 atom stereocenters. The maximum Gasteiger partial charge on any atom is 0.219 e. The summed E-state index contributed by atoms with van der Waals surface area (Å²) in [6.45, 7) is -0.00775. The molecule has 1 aromatic heterocycles. The van der Waals surface area contributed by atoms with Crippen LogP contribution in [0, 0.1) is 0 Å².